The molecule has 1 aliphatic rings. The molecule has 3 atom stereocenters. The highest BCUT2D eigenvalue weighted by Crippen LogP contribution is 2.36. The fraction of sp³-hybridized carbons (Fsp3) is 0.536. The van der Waals surface area contributed by atoms with Crippen molar-refractivity contribution in [2.24, 2.45) is 0 Å². The maximum absolute atomic E-state index is 12.1. The van der Waals surface area contributed by atoms with Crippen molar-refractivity contribution in [3.8, 4) is 16.9 Å². The Kier molecular flexibility index (Phi) is 10.7. The molecule has 0 bridgehead atoms. The fourth-order valence-electron chi connectivity index (χ4n) is 4.26. The first-order valence-corrected chi connectivity index (χ1v) is 12.9. The van der Waals surface area contributed by atoms with Crippen molar-refractivity contribution in [1.82, 2.24) is 0 Å². The lowest BCUT2D eigenvalue weighted by atomic mass is 9.94. The third-order valence-corrected chi connectivity index (χ3v) is 6.55. The smallest absolute Gasteiger partial charge is 0.305 e. The minimum Gasteiger partial charge on any atom is -0.494 e. The van der Waals surface area contributed by atoms with E-state index in [0.717, 1.165) is 41.7 Å². The van der Waals surface area contributed by atoms with Gasteiger partial charge in [-0.1, -0.05) is 62.4 Å². The number of esters is 1. The lowest BCUT2D eigenvalue weighted by Crippen LogP contribution is -2.39. The molecule has 1 saturated heterocycles. The van der Waals surface area contributed by atoms with E-state index < -0.39 is 12.2 Å². The van der Waals surface area contributed by atoms with Gasteiger partial charge in [-0.25, -0.2) is 0 Å². The first kappa shape index (κ1) is 26.5. The van der Waals surface area contributed by atoms with Crippen LogP contribution in [0.2, 0.25) is 5.02 Å². The molecule has 34 heavy (non-hydrogen) atoms. The third kappa shape index (κ3) is 7.72. The van der Waals surface area contributed by atoms with E-state index in [1.807, 2.05) is 49.4 Å². The molecule has 2 aromatic carbocycles. The topological polar surface area (TPSA) is 65.0 Å². The molecule has 2 aromatic rings. The molecule has 0 aliphatic carbocycles. The molecule has 1 aliphatic heterocycles. The van der Waals surface area contributed by atoms with E-state index in [1.165, 1.54) is 12.8 Å². The van der Waals surface area contributed by atoms with E-state index in [1.54, 1.807) is 0 Å². The van der Waals surface area contributed by atoms with Gasteiger partial charge >= 0.3 is 5.97 Å². The highest BCUT2D eigenvalue weighted by atomic mass is 35.5. The highest BCUT2D eigenvalue weighted by molar-refractivity contribution is 6.33. The summed E-state index contributed by atoms with van der Waals surface area (Å²) < 4.78 is 17.1. The number of carbonyl (C=O) groups is 1. The number of hydrogen-bond donors (Lipinski definition) is 1. The molecule has 3 rings (SSSR count). The van der Waals surface area contributed by atoms with E-state index >= 15 is 0 Å². The van der Waals surface area contributed by atoms with Crippen LogP contribution in [0.5, 0.6) is 5.75 Å². The molecule has 1 fully saturated rings. The number of benzene rings is 2. The molecule has 1 unspecified atom stereocenters. The normalized spacial score (nSPS) is 20.2. The first-order chi connectivity index (χ1) is 16.5. The van der Waals surface area contributed by atoms with Gasteiger partial charge in [0.25, 0.3) is 0 Å². The Morgan fingerprint density at radius 1 is 1.06 bits per heavy atom. The van der Waals surface area contributed by atoms with Crippen LogP contribution in [0.1, 0.15) is 76.9 Å². The summed E-state index contributed by atoms with van der Waals surface area (Å²) in [4.78, 5) is 12.1. The average Bonchev–Trinajstić information content (AvgIpc) is 2.84. The average molecular weight is 489 g/mol. The fourth-order valence-corrected chi connectivity index (χ4v) is 4.48. The summed E-state index contributed by atoms with van der Waals surface area (Å²) in [6.45, 7) is 4.82. The Morgan fingerprint density at radius 2 is 1.82 bits per heavy atom. The SMILES string of the molecule is CCCCCCCC(=O)OC[C@H]1OC(c2ccc(Cl)c(-c3ccc(OCC)cc3)c2)CC[C@H]1O. The standard InChI is InChI=1S/C28H37ClO5/c1-3-5-6-7-8-9-28(31)33-19-27-25(30)16-17-26(34-27)21-12-15-24(29)23(18-21)20-10-13-22(14-11-20)32-4-2/h10-15,18,25-27,30H,3-9,16-17,19H2,1-2H3/t25-,26?,27-/m1/s1. The van der Waals surface area contributed by atoms with Gasteiger partial charge in [0.2, 0.25) is 0 Å². The van der Waals surface area contributed by atoms with Crippen molar-refractivity contribution in [1.29, 1.82) is 0 Å². The van der Waals surface area contributed by atoms with Gasteiger partial charge in [0.15, 0.2) is 0 Å². The van der Waals surface area contributed by atoms with Gasteiger partial charge in [-0.3, -0.25) is 4.79 Å². The second-order valence-electron chi connectivity index (χ2n) is 8.85. The molecular formula is C28H37ClO5. The third-order valence-electron chi connectivity index (χ3n) is 6.22. The van der Waals surface area contributed by atoms with Crippen molar-refractivity contribution in [3.63, 3.8) is 0 Å². The van der Waals surface area contributed by atoms with Gasteiger partial charge in [-0.05, 0) is 61.6 Å². The summed E-state index contributed by atoms with van der Waals surface area (Å²) in [7, 11) is 0. The van der Waals surface area contributed by atoms with Gasteiger partial charge in [0.1, 0.15) is 18.5 Å². The Morgan fingerprint density at radius 3 is 2.56 bits per heavy atom. The molecule has 0 spiro atoms. The van der Waals surface area contributed by atoms with E-state index in [0.29, 0.717) is 30.9 Å². The van der Waals surface area contributed by atoms with Crippen LogP contribution in [0.15, 0.2) is 42.5 Å². The number of halogens is 1. The van der Waals surface area contributed by atoms with Gasteiger partial charge in [-0.15, -0.1) is 0 Å². The number of carbonyl (C=O) groups excluding carboxylic acids is 1. The van der Waals surface area contributed by atoms with Crippen LogP contribution in [0.4, 0.5) is 0 Å². The zero-order valence-electron chi connectivity index (χ0n) is 20.3. The minimum atomic E-state index is -0.647. The summed E-state index contributed by atoms with van der Waals surface area (Å²) >= 11 is 6.51. The molecule has 6 heteroatoms. The zero-order valence-corrected chi connectivity index (χ0v) is 21.1. The second-order valence-corrected chi connectivity index (χ2v) is 9.26. The maximum Gasteiger partial charge on any atom is 0.305 e. The largest absolute Gasteiger partial charge is 0.494 e. The van der Waals surface area contributed by atoms with Crippen LogP contribution in [-0.2, 0) is 14.3 Å². The van der Waals surface area contributed by atoms with Crippen molar-refractivity contribution in [2.75, 3.05) is 13.2 Å². The van der Waals surface area contributed by atoms with Crippen molar-refractivity contribution >= 4 is 17.6 Å². The van der Waals surface area contributed by atoms with Crippen LogP contribution in [0.25, 0.3) is 11.1 Å². The van der Waals surface area contributed by atoms with Crippen molar-refractivity contribution < 1.29 is 24.1 Å². The molecule has 0 radical (unpaired) electrons. The lowest BCUT2D eigenvalue weighted by molar-refractivity contribution is -0.165. The molecule has 186 valence electrons. The quantitative estimate of drug-likeness (QED) is 0.260. The predicted octanol–water partition coefficient (Wildman–Crippen LogP) is 6.89. The van der Waals surface area contributed by atoms with E-state index in [9.17, 15) is 9.90 Å². The number of aliphatic hydroxyl groups excluding tert-OH is 1. The van der Waals surface area contributed by atoms with Crippen LogP contribution < -0.4 is 4.74 Å². The van der Waals surface area contributed by atoms with Crippen molar-refractivity contribution in [3.05, 3.63) is 53.1 Å². The molecule has 5 nitrogen and oxygen atoms in total. The number of rotatable bonds is 12. The molecule has 1 N–H and O–H groups in total. The Hall–Kier alpha value is -2.08. The lowest BCUT2D eigenvalue weighted by Gasteiger charge is -2.34. The number of hydrogen-bond acceptors (Lipinski definition) is 5. The molecule has 0 aromatic heterocycles. The van der Waals surface area contributed by atoms with Gasteiger partial charge in [0, 0.05) is 17.0 Å². The minimum absolute atomic E-state index is 0.0742. The summed E-state index contributed by atoms with van der Waals surface area (Å²) in [6, 6.07) is 13.7. The predicted molar refractivity (Wildman–Crippen MR) is 135 cm³/mol. The second kappa shape index (κ2) is 13.7. The summed E-state index contributed by atoms with van der Waals surface area (Å²) in [6.07, 6.45) is 5.72. The first-order valence-electron chi connectivity index (χ1n) is 12.5. The van der Waals surface area contributed by atoms with E-state index in [-0.39, 0.29) is 18.7 Å². The molecule has 0 amide bonds. The van der Waals surface area contributed by atoms with E-state index in [2.05, 4.69) is 6.92 Å². The monoisotopic (exact) mass is 488 g/mol. The van der Waals surface area contributed by atoms with Crippen LogP contribution in [-0.4, -0.2) is 36.5 Å². The summed E-state index contributed by atoms with van der Waals surface area (Å²) in [5, 5.41) is 11.1. The Labute approximate surface area is 208 Å². The summed E-state index contributed by atoms with van der Waals surface area (Å²) in [5.41, 5.74) is 2.91. The van der Waals surface area contributed by atoms with Gasteiger partial charge in [-0.2, -0.15) is 0 Å². The van der Waals surface area contributed by atoms with Crippen LogP contribution >= 0.6 is 11.6 Å². The van der Waals surface area contributed by atoms with Crippen LogP contribution in [0, 0.1) is 0 Å². The number of unbranched alkanes of at least 4 members (excludes halogenated alkanes) is 4. The summed E-state index contributed by atoms with van der Waals surface area (Å²) in [5.74, 6) is 0.597. The maximum atomic E-state index is 12.1. The number of aliphatic hydroxyl groups is 1. The highest BCUT2D eigenvalue weighted by Gasteiger charge is 2.32. The molecule has 1 heterocycles. The molecular weight excluding hydrogens is 452 g/mol. The van der Waals surface area contributed by atoms with Gasteiger partial charge in [0.05, 0.1) is 18.8 Å². The molecule has 0 saturated carbocycles. The Bertz CT molecular complexity index is 898. The van der Waals surface area contributed by atoms with Gasteiger partial charge < -0.3 is 19.3 Å². The zero-order chi connectivity index (χ0) is 24.3. The van der Waals surface area contributed by atoms with Crippen LogP contribution in [0.3, 0.4) is 0 Å². The Balaban J connectivity index is 1.59. The van der Waals surface area contributed by atoms with Crippen molar-refractivity contribution in [2.45, 2.75) is 83.5 Å². The van der Waals surface area contributed by atoms with E-state index in [4.69, 9.17) is 25.8 Å². The number of ether oxygens (including phenoxy) is 3.